The van der Waals surface area contributed by atoms with E-state index < -0.39 is 10.0 Å². The molecule has 3 aromatic carbocycles. The molecule has 0 radical (unpaired) electrons. The highest BCUT2D eigenvalue weighted by Gasteiger charge is 2.10. The number of sulfonamides is 1. The van der Waals surface area contributed by atoms with Gasteiger partial charge in [-0.15, -0.1) is 0 Å². The Kier molecular flexibility index (Phi) is 6.71. The minimum atomic E-state index is -3.35. The molecule has 0 aliphatic heterocycles. The molecule has 0 saturated heterocycles. The van der Waals surface area contributed by atoms with Crippen molar-refractivity contribution in [1.29, 1.82) is 0 Å². The van der Waals surface area contributed by atoms with E-state index in [1.54, 1.807) is 12.1 Å². The van der Waals surface area contributed by atoms with E-state index in [1.807, 2.05) is 42.5 Å². The van der Waals surface area contributed by atoms with Crippen molar-refractivity contribution in [2.75, 3.05) is 15.8 Å². The quantitative estimate of drug-likeness (QED) is 0.538. The Morgan fingerprint density at radius 3 is 2.07 bits per heavy atom. The summed E-state index contributed by atoms with van der Waals surface area (Å²) < 4.78 is 27.2. The van der Waals surface area contributed by atoms with E-state index in [0.29, 0.717) is 12.1 Å². The maximum Gasteiger partial charge on any atom is 0.232 e. The molecule has 5 heteroatoms. The first kappa shape index (κ1) is 20.0. The van der Waals surface area contributed by atoms with Crippen LogP contribution in [0.4, 0.5) is 11.4 Å². The van der Waals surface area contributed by atoms with Crippen molar-refractivity contribution in [2.24, 2.45) is 0 Å². The number of benzene rings is 3. The molecule has 0 saturated carbocycles. The van der Waals surface area contributed by atoms with Gasteiger partial charge in [-0.2, -0.15) is 0 Å². The summed E-state index contributed by atoms with van der Waals surface area (Å²) in [4.78, 5) is 0. The van der Waals surface area contributed by atoms with Gasteiger partial charge in [-0.3, -0.25) is 4.72 Å². The van der Waals surface area contributed by atoms with Gasteiger partial charge in [-0.05, 0) is 55.2 Å². The third-order valence-corrected chi connectivity index (χ3v) is 5.87. The van der Waals surface area contributed by atoms with Crippen LogP contribution in [0.2, 0.25) is 0 Å². The van der Waals surface area contributed by atoms with E-state index >= 15 is 0 Å². The largest absolute Gasteiger partial charge is 0.381 e. The molecule has 0 aliphatic rings. The van der Waals surface area contributed by atoms with Crippen LogP contribution in [-0.4, -0.2) is 14.2 Å². The summed E-state index contributed by atoms with van der Waals surface area (Å²) in [6.45, 7) is 2.80. The molecule has 4 nitrogen and oxygen atoms in total. The summed E-state index contributed by atoms with van der Waals surface area (Å²) in [6.07, 6.45) is 1.35. The molecule has 28 heavy (non-hydrogen) atoms. The van der Waals surface area contributed by atoms with Crippen molar-refractivity contribution in [3.8, 4) is 0 Å². The van der Waals surface area contributed by atoms with Crippen LogP contribution in [0.25, 0.3) is 0 Å². The van der Waals surface area contributed by atoms with Gasteiger partial charge in [0.15, 0.2) is 0 Å². The number of anilines is 2. The summed E-state index contributed by atoms with van der Waals surface area (Å²) >= 11 is 0. The van der Waals surface area contributed by atoms with Crippen LogP contribution < -0.4 is 10.0 Å². The maximum absolute atomic E-state index is 12.3. The van der Waals surface area contributed by atoms with Gasteiger partial charge in [-0.25, -0.2) is 8.42 Å². The molecule has 0 heterocycles. The first-order valence-electron chi connectivity index (χ1n) is 9.44. The number of nitrogens with one attached hydrogen (secondary N) is 2. The highest BCUT2D eigenvalue weighted by atomic mass is 32.2. The Hall–Kier alpha value is -2.79. The second kappa shape index (κ2) is 9.42. The molecule has 2 N–H and O–H groups in total. The average Bonchev–Trinajstić information content (AvgIpc) is 2.69. The summed E-state index contributed by atoms with van der Waals surface area (Å²) in [5.41, 5.74) is 5.13. The SMILES string of the molecule is Cc1ccc(CNc2ccc(NS(=O)(=O)CCCc3ccccc3)cc2)cc1. The van der Waals surface area contributed by atoms with Gasteiger partial charge in [0.1, 0.15) is 0 Å². The topological polar surface area (TPSA) is 58.2 Å². The molecule has 3 rings (SSSR count). The van der Waals surface area contributed by atoms with Crippen molar-refractivity contribution >= 4 is 21.4 Å². The first-order valence-corrected chi connectivity index (χ1v) is 11.1. The van der Waals surface area contributed by atoms with Crippen LogP contribution in [0.1, 0.15) is 23.1 Å². The van der Waals surface area contributed by atoms with Crippen molar-refractivity contribution in [3.63, 3.8) is 0 Å². The molecule has 0 spiro atoms. The van der Waals surface area contributed by atoms with Gasteiger partial charge in [0.25, 0.3) is 0 Å². The minimum absolute atomic E-state index is 0.106. The van der Waals surface area contributed by atoms with E-state index in [0.717, 1.165) is 24.2 Å². The van der Waals surface area contributed by atoms with Crippen molar-refractivity contribution < 1.29 is 8.42 Å². The highest BCUT2D eigenvalue weighted by Crippen LogP contribution is 2.16. The van der Waals surface area contributed by atoms with Crippen LogP contribution >= 0.6 is 0 Å². The van der Waals surface area contributed by atoms with Gasteiger partial charge in [-0.1, -0.05) is 60.2 Å². The predicted molar refractivity (Wildman–Crippen MR) is 117 cm³/mol. The van der Waals surface area contributed by atoms with Crippen molar-refractivity contribution in [1.82, 2.24) is 0 Å². The van der Waals surface area contributed by atoms with Crippen molar-refractivity contribution in [2.45, 2.75) is 26.3 Å². The van der Waals surface area contributed by atoms with Gasteiger partial charge >= 0.3 is 0 Å². The fourth-order valence-corrected chi connectivity index (χ4v) is 4.03. The lowest BCUT2D eigenvalue weighted by molar-refractivity contribution is 0.598. The molecule has 146 valence electrons. The van der Waals surface area contributed by atoms with Gasteiger partial charge in [0.05, 0.1) is 5.75 Å². The number of aryl methyl sites for hydroxylation is 2. The zero-order valence-electron chi connectivity index (χ0n) is 16.1. The lowest BCUT2D eigenvalue weighted by atomic mass is 10.1. The van der Waals surface area contributed by atoms with Crippen LogP contribution in [-0.2, 0) is 23.0 Å². The van der Waals surface area contributed by atoms with E-state index in [9.17, 15) is 8.42 Å². The fourth-order valence-electron chi connectivity index (χ4n) is 2.91. The molecule has 0 fully saturated rings. The zero-order chi connectivity index (χ0) is 19.8. The molecule has 3 aromatic rings. The number of hydrogen-bond donors (Lipinski definition) is 2. The lowest BCUT2D eigenvalue weighted by Crippen LogP contribution is -2.17. The van der Waals surface area contributed by atoms with Crippen LogP contribution in [0.15, 0.2) is 78.9 Å². The Labute approximate surface area is 167 Å². The highest BCUT2D eigenvalue weighted by molar-refractivity contribution is 7.92. The van der Waals surface area contributed by atoms with Crippen LogP contribution in [0, 0.1) is 6.92 Å². The monoisotopic (exact) mass is 394 g/mol. The second-order valence-electron chi connectivity index (χ2n) is 6.93. The maximum atomic E-state index is 12.3. The predicted octanol–water partition coefficient (Wildman–Crippen LogP) is 4.98. The Balaban J connectivity index is 1.47. The Morgan fingerprint density at radius 1 is 0.750 bits per heavy atom. The minimum Gasteiger partial charge on any atom is -0.381 e. The van der Waals surface area contributed by atoms with Crippen LogP contribution in [0.5, 0.6) is 0 Å². The summed E-state index contributed by atoms with van der Waals surface area (Å²) in [5, 5.41) is 3.35. The van der Waals surface area contributed by atoms with Crippen LogP contribution in [0.3, 0.4) is 0 Å². The molecule has 0 bridgehead atoms. The third-order valence-electron chi connectivity index (χ3n) is 4.50. The molecule has 0 aromatic heterocycles. The number of hydrogen-bond acceptors (Lipinski definition) is 3. The van der Waals surface area contributed by atoms with E-state index in [1.165, 1.54) is 11.1 Å². The molecular formula is C23H26N2O2S. The molecular weight excluding hydrogens is 368 g/mol. The van der Waals surface area contributed by atoms with Gasteiger partial charge in [0.2, 0.25) is 10.0 Å². The fraction of sp³-hybridized carbons (Fsp3) is 0.217. The van der Waals surface area contributed by atoms with Gasteiger partial charge < -0.3 is 5.32 Å². The van der Waals surface area contributed by atoms with E-state index in [-0.39, 0.29) is 5.75 Å². The summed E-state index contributed by atoms with van der Waals surface area (Å²) in [5.74, 6) is 0.106. The Bertz CT molecular complexity index is 967. The van der Waals surface area contributed by atoms with Crippen molar-refractivity contribution in [3.05, 3.63) is 95.6 Å². The zero-order valence-corrected chi connectivity index (χ0v) is 16.9. The second-order valence-corrected chi connectivity index (χ2v) is 8.77. The molecule has 0 atom stereocenters. The van der Waals surface area contributed by atoms with Gasteiger partial charge in [0, 0.05) is 17.9 Å². The first-order chi connectivity index (χ1) is 13.5. The molecule has 0 amide bonds. The lowest BCUT2D eigenvalue weighted by Gasteiger charge is -2.10. The average molecular weight is 395 g/mol. The van der Waals surface area contributed by atoms with E-state index in [4.69, 9.17) is 0 Å². The molecule has 0 unspecified atom stereocenters. The smallest absolute Gasteiger partial charge is 0.232 e. The number of rotatable bonds is 9. The standard InChI is InChI=1S/C23H26N2O2S/c1-19-9-11-21(12-10-19)18-24-22-13-15-23(16-14-22)25-28(26,27)17-5-8-20-6-3-2-4-7-20/h2-4,6-7,9-16,24-25H,5,8,17-18H2,1H3. The summed E-state index contributed by atoms with van der Waals surface area (Å²) in [6, 6.07) is 25.6. The normalized spacial score (nSPS) is 11.2. The summed E-state index contributed by atoms with van der Waals surface area (Å²) in [7, 11) is -3.35. The third kappa shape index (κ3) is 6.43. The Morgan fingerprint density at radius 2 is 1.39 bits per heavy atom. The van der Waals surface area contributed by atoms with E-state index in [2.05, 4.69) is 41.2 Å². The molecule has 0 aliphatic carbocycles.